The Hall–Kier alpha value is -1.17. The van der Waals surface area contributed by atoms with Crippen molar-refractivity contribution >= 4 is 45.0 Å². The van der Waals surface area contributed by atoms with Gasteiger partial charge in [0.05, 0.1) is 16.3 Å². The number of hydrogen-bond acceptors (Lipinski definition) is 4. The number of aryl methyl sites for hydroxylation is 2. The van der Waals surface area contributed by atoms with Gasteiger partial charge in [0.1, 0.15) is 0 Å². The van der Waals surface area contributed by atoms with Crippen molar-refractivity contribution < 1.29 is 4.79 Å². The number of benzene rings is 1. The van der Waals surface area contributed by atoms with Crippen molar-refractivity contribution in [2.45, 2.75) is 40.2 Å². The van der Waals surface area contributed by atoms with E-state index in [0.29, 0.717) is 5.13 Å². The summed E-state index contributed by atoms with van der Waals surface area (Å²) in [5.41, 5.74) is 9.21. The van der Waals surface area contributed by atoms with Crippen LogP contribution < -0.4 is 11.1 Å². The molecule has 0 saturated carbocycles. The maximum atomic E-state index is 12.1. The number of anilines is 1. The van der Waals surface area contributed by atoms with Crippen LogP contribution in [0.5, 0.6) is 0 Å². The SMILES string of the molecule is CCC(C)C(N)C(=O)Nc1nc2c(C)cc(C)cc2s1.Cl. The van der Waals surface area contributed by atoms with Gasteiger partial charge in [-0.1, -0.05) is 37.7 Å². The average molecular weight is 328 g/mol. The van der Waals surface area contributed by atoms with Gasteiger partial charge in [0.2, 0.25) is 5.91 Å². The van der Waals surface area contributed by atoms with E-state index in [1.165, 1.54) is 16.9 Å². The molecule has 0 bridgehead atoms. The first-order chi connectivity index (χ1) is 9.42. The van der Waals surface area contributed by atoms with Crippen LogP contribution in [0, 0.1) is 19.8 Å². The first-order valence-electron chi connectivity index (χ1n) is 6.86. The molecule has 21 heavy (non-hydrogen) atoms. The molecule has 2 aromatic rings. The van der Waals surface area contributed by atoms with E-state index in [-0.39, 0.29) is 24.2 Å². The van der Waals surface area contributed by atoms with Crippen LogP contribution in [-0.4, -0.2) is 16.9 Å². The second kappa shape index (κ2) is 7.20. The predicted molar refractivity (Wildman–Crippen MR) is 92.4 cm³/mol. The van der Waals surface area contributed by atoms with Crippen molar-refractivity contribution in [2.24, 2.45) is 11.7 Å². The molecular weight excluding hydrogens is 306 g/mol. The molecule has 1 amide bonds. The highest BCUT2D eigenvalue weighted by Crippen LogP contribution is 2.29. The molecule has 1 aromatic heterocycles. The number of amides is 1. The van der Waals surface area contributed by atoms with Gasteiger partial charge in [-0.25, -0.2) is 4.98 Å². The normalized spacial score (nSPS) is 13.6. The molecule has 0 fully saturated rings. The van der Waals surface area contributed by atoms with Crippen molar-refractivity contribution in [3.8, 4) is 0 Å². The van der Waals surface area contributed by atoms with Gasteiger partial charge in [0, 0.05) is 0 Å². The lowest BCUT2D eigenvalue weighted by molar-refractivity contribution is -0.118. The number of aromatic nitrogens is 1. The highest BCUT2D eigenvalue weighted by atomic mass is 35.5. The van der Waals surface area contributed by atoms with E-state index in [0.717, 1.165) is 22.2 Å². The zero-order chi connectivity index (χ0) is 14.9. The van der Waals surface area contributed by atoms with E-state index < -0.39 is 6.04 Å². The second-order valence-corrected chi connectivity index (χ2v) is 6.38. The van der Waals surface area contributed by atoms with Gasteiger partial charge in [-0.3, -0.25) is 4.79 Å². The van der Waals surface area contributed by atoms with Gasteiger partial charge in [0.15, 0.2) is 5.13 Å². The van der Waals surface area contributed by atoms with Crippen molar-refractivity contribution in [2.75, 3.05) is 5.32 Å². The molecule has 0 radical (unpaired) electrons. The highest BCUT2D eigenvalue weighted by Gasteiger charge is 2.20. The summed E-state index contributed by atoms with van der Waals surface area (Å²) >= 11 is 1.49. The fraction of sp³-hybridized carbons (Fsp3) is 0.467. The van der Waals surface area contributed by atoms with Crippen LogP contribution in [0.2, 0.25) is 0 Å². The van der Waals surface area contributed by atoms with E-state index in [4.69, 9.17) is 5.73 Å². The minimum absolute atomic E-state index is 0. The molecule has 1 heterocycles. The molecule has 2 atom stereocenters. The molecule has 116 valence electrons. The van der Waals surface area contributed by atoms with Gasteiger partial charge < -0.3 is 11.1 Å². The van der Waals surface area contributed by atoms with E-state index in [1.54, 1.807) is 0 Å². The predicted octanol–water partition coefficient (Wildman–Crippen LogP) is 3.65. The number of rotatable bonds is 4. The zero-order valence-electron chi connectivity index (χ0n) is 12.8. The quantitative estimate of drug-likeness (QED) is 0.900. The molecule has 2 unspecified atom stereocenters. The second-order valence-electron chi connectivity index (χ2n) is 5.35. The Kier molecular flexibility index (Phi) is 6.13. The van der Waals surface area contributed by atoms with Crippen LogP contribution >= 0.6 is 23.7 Å². The number of nitrogens with one attached hydrogen (secondary N) is 1. The molecule has 1 aromatic carbocycles. The van der Waals surface area contributed by atoms with Crippen LogP contribution in [0.4, 0.5) is 5.13 Å². The highest BCUT2D eigenvalue weighted by molar-refractivity contribution is 7.22. The first kappa shape index (κ1) is 17.9. The summed E-state index contributed by atoms with van der Waals surface area (Å²) in [5, 5.41) is 3.46. The van der Waals surface area contributed by atoms with Gasteiger partial charge >= 0.3 is 0 Å². The third-order valence-electron chi connectivity index (χ3n) is 3.62. The van der Waals surface area contributed by atoms with Crippen molar-refractivity contribution in [3.05, 3.63) is 23.3 Å². The van der Waals surface area contributed by atoms with E-state index >= 15 is 0 Å². The number of nitrogens with two attached hydrogens (primary N) is 1. The Morgan fingerprint density at radius 2 is 2.10 bits per heavy atom. The standard InChI is InChI=1S/C15H21N3OS.ClH/c1-5-9(3)12(16)14(19)18-15-17-13-10(4)6-8(2)7-11(13)20-15;/h6-7,9,12H,5,16H2,1-4H3,(H,17,18,19);1H. The molecule has 2 rings (SSSR count). The topological polar surface area (TPSA) is 68.0 Å². The van der Waals surface area contributed by atoms with Crippen molar-refractivity contribution in [1.29, 1.82) is 0 Å². The van der Waals surface area contributed by atoms with Crippen LogP contribution in [0.1, 0.15) is 31.4 Å². The zero-order valence-corrected chi connectivity index (χ0v) is 14.4. The Morgan fingerprint density at radius 1 is 1.43 bits per heavy atom. The summed E-state index contributed by atoms with van der Waals surface area (Å²) in [5.74, 6) is 0.00106. The Morgan fingerprint density at radius 3 is 2.71 bits per heavy atom. The fourth-order valence-electron chi connectivity index (χ4n) is 2.13. The van der Waals surface area contributed by atoms with Crippen LogP contribution in [0.15, 0.2) is 12.1 Å². The summed E-state index contributed by atoms with van der Waals surface area (Å²) in [4.78, 5) is 16.6. The van der Waals surface area contributed by atoms with E-state index in [9.17, 15) is 4.79 Å². The lowest BCUT2D eigenvalue weighted by Gasteiger charge is -2.16. The third kappa shape index (κ3) is 3.93. The van der Waals surface area contributed by atoms with E-state index in [1.807, 2.05) is 20.8 Å². The van der Waals surface area contributed by atoms with Gasteiger partial charge in [-0.2, -0.15) is 0 Å². The minimum atomic E-state index is -0.491. The maximum absolute atomic E-state index is 12.1. The van der Waals surface area contributed by atoms with Crippen molar-refractivity contribution in [1.82, 2.24) is 4.98 Å². The minimum Gasteiger partial charge on any atom is -0.320 e. The molecule has 4 nitrogen and oxygen atoms in total. The van der Waals surface area contributed by atoms with Crippen LogP contribution in [-0.2, 0) is 4.79 Å². The fourth-order valence-corrected chi connectivity index (χ4v) is 3.17. The molecular formula is C15H22ClN3OS. The Balaban J connectivity index is 0.00000220. The lowest BCUT2D eigenvalue weighted by Crippen LogP contribution is -2.40. The maximum Gasteiger partial charge on any atom is 0.243 e. The number of halogens is 1. The Bertz CT molecular complexity index is 641. The molecule has 0 saturated heterocycles. The molecule has 0 aliphatic carbocycles. The third-order valence-corrected chi connectivity index (χ3v) is 4.54. The average Bonchev–Trinajstić information content (AvgIpc) is 2.79. The number of thiazole rings is 1. The van der Waals surface area contributed by atoms with Crippen molar-refractivity contribution in [3.63, 3.8) is 0 Å². The Labute approximate surface area is 135 Å². The summed E-state index contributed by atoms with van der Waals surface area (Å²) in [6.07, 6.45) is 0.882. The molecule has 0 spiro atoms. The van der Waals surface area contributed by atoms with Crippen LogP contribution in [0.25, 0.3) is 10.2 Å². The van der Waals surface area contributed by atoms with Gasteiger partial charge in [-0.15, -0.1) is 12.4 Å². The summed E-state index contributed by atoms with van der Waals surface area (Å²) in [6.45, 7) is 8.10. The van der Waals surface area contributed by atoms with Gasteiger partial charge in [0.25, 0.3) is 0 Å². The molecule has 0 aliphatic rings. The van der Waals surface area contributed by atoms with Gasteiger partial charge in [-0.05, 0) is 37.0 Å². The largest absolute Gasteiger partial charge is 0.320 e. The number of nitrogens with zero attached hydrogens (tertiary/aromatic N) is 1. The summed E-state index contributed by atoms with van der Waals surface area (Å²) in [6, 6.07) is 3.69. The number of fused-ring (bicyclic) bond motifs is 1. The molecule has 0 aliphatic heterocycles. The van der Waals surface area contributed by atoms with Crippen LogP contribution in [0.3, 0.4) is 0 Å². The molecule has 6 heteroatoms. The molecule has 3 N–H and O–H groups in total. The number of carbonyl (C=O) groups excluding carboxylic acids is 1. The number of carbonyl (C=O) groups is 1. The summed E-state index contributed by atoms with van der Waals surface area (Å²) < 4.78 is 1.09. The smallest absolute Gasteiger partial charge is 0.243 e. The monoisotopic (exact) mass is 327 g/mol. The van der Waals surface area contributed by atoms with E-state index in [2.05, 4.69) is 29.4 Å². The first-order valence-corrected chi connectivity index (χ1v) is 7.68. The number of hydrogen-bond donors (Lipinski definition) is 2. The summed E-state index contributed by atoms with van der Waals surface area (Å²) in [7, 11) is 0. The lowest BCUT2D eigenvalue weighted by atomic mass is 10.00.